The largest absolute Gasteiger partial charge is 0.493 e. The van der Waals surface area contributed by atoms with Crippen LogP contribution in [0.25, 0.3) is 0 Å². The van der Waals surface area contributed by atoms with Gasteiger partial charge in [-0.2, -0.15) is 0 Å². The van der Waals surface area contributed by atoms with Crippen molar-refractivity contribution in [2.45, 2.75) is 12.6 Å². The van der Waals surface area contributed by atoms with Gasteiger partial charge in [-0.05, 0) is 23.3 Å². The van der Waals surface area contributed by atoms with Crippen LogP contribution in [-0.4, -0.2) is 31.3 Å². The maximum Gasteiger partial charge on any atom is 0.255 e. The number of hydrogen-bond acceptors (Lipinski definition) is 5. The number of ether oxygens (including phenoxy) is 2. The molecule has 0 spiro atoms. The quantitative estimate of drug-likeness (QED) is 0.633. The van der Waals surface area contributed by atoms with Gasteiger partial charge in [0.1, 0.15) is 0 Å². The van der Waals surface area contributed by atoms with Crippen molar-refractivity contribution in [3.8, 4) is 11.5 Å². The van der Waals surface area contributed by atoms with Crippen LogP contribution in [0.1, 0.15) is 17.2 Å². The Balaban J connectivity index is 1.98. The second kappa shape index (κ2) is 9.27. The molecule has 0 saturated carbocycles. The van der Waals surface area contributed by atoms with Gasteiger partial charge in [-0.1, -0.05) is 41.9 Å². The summed E-state index contributed by atoms with van der Waals surface area (Å²) in [6.45, 7) is 0.594. The first-order valence-corrected chi connectivity index (χ1v) is 8.10. The van der Waals surface area contributed by atoms with Gasteiger partial charge in [-0.15, -0.1) is 0 Å². The maximum absolute atomic E-state index is 10.9. The molecule has 4 N–H and O–H groups in total. The van der Waals surface area contributed by atoms with Crippen LogP contribution in [0.2, 0.25) is 5.02 Å². The van der Waals surface area contributed by atoms with Crippen molar-refractivity contribution >= 4 is 17.5 Å². The van der Waals surface area contributed by atoms with Crippen molar-refractivity contribution in [2.24, 2.45) is 5.73 Å². The third kappa shape index (κ3) is 5.63. The van der Waals surface area contributed by atoms with Crippen LogP contribution in [0.5, 0.6) is 11.5 Å². The van der Waals surface area contributed by atoms with Gasteiger partial charge in [0.25, 0.3) is 5.91 Å². The van der Waals surface area contributed by atoms with Crippen LogP contribution >= 0.6 is 11.6 Å². The van der Waals surface area contributed by atoms with Crippen LogP contribution in [0, 0.1) is 0 Å². The average molecular weight is 365 g/mol. The average Bonchev–Trinajstić information content (AvgIpc) is 2.60. The molecule has 1 unspecified atom stereocenters. The predicted octanol–water partition coefficient (Wildman–Crippen LogP) is 2.04. The molecule has 0 aromatic heterocycles. The smallest absolute Gasteiger partial charge is 0.255 e. The van der Waals surface area contributed by atoms with Crippen molar-refractivity contribution in [3.63, 3.8) is 0 Å². The molecule has 0 aliphatic rings. The molecule has 2 aromatic carbocycles. The van der Waals surface area contributed by atoms with Gasteiger partial charge < -0.3 is 25.6 Å². The zero-order chi connectivity index (χ0) is 18.2. The summed E-state index contributed by atoms with van der Waals surface area (Å²) in [6.07, 6.45) is -0.600. The SMILES string of the molecule is COc1cc(CNCC(O)c2ccccc2)cc(Cl)c1OCC(N)=O. The van der Waals surface area contributed by atoms with Gasteiger partial charge in [-0.3, -0.25) is 4.79 Å². The Labute approximate surface area is 151 Å². The number of aliphatic hydroxyl groups excluding tert-OH is 1. The molecule has 0 saturated heterocycles. The Morgan fingerprint density at radius 1 is 1.32 bits per heavy atom. The number of carbonyl (C=O) groups excluding carboxylic acids is 1. The van der Waals surface area contributed by atoms with Gasteiger partial charge in [-0.25, -0.2) is 0 Å². The number of nitrogens with two attached hydrogens (primary N) is 1. The summed E-state index contributed by atoms with van der Waals surface area (Å²) in [6, 6.07) is 12.9. The van der Waals surface area contributed by atoms with E-state index in [-0.39, 0.29) is 12.4 Å². The van der Waals surface area contributed by atoms with Crippen LogP contribution in [0.15, 0.2) is 42.5 Å². The zero-order valence-corrected chi connectivity index (χ0v) is 14.6. The van der Waals surface area contributed by atoms with E-state index in [4.69, 9.17) is 26.8 Å². The van der Waals surface area contributed by atoms with Crippen LogP contribution in [0.4, 0.5) is 0 Å². The topological polar surface area (TPSA) is 93.8 Å². The molecular weight excluding hydrogens is 344 g/mol. The molecule has 0 aliphatic carbocycles. The third-order valence-corrected chi connectivity index (χ3v) is 3.78. The Hall–Kier alpha value is -2.28. The van der Waals surface area contributed by atoms with Crippen LogP contribution in [-0.2, 0) is 11.3 Å². The highest BCUT2D eigenvalue weighted by Gasteiger charge is 2.13. The lowest BCUT2D eigenvalue weighted by Gasteiger charge is -2.15. The molecule has 2 aromatic rings. The fourth-order valence-electron chi connectivity index (χ4n) is 2.30. The first kappa shape index (κ1) is 19.1. The molecule has 2 rings (SSSR count). The van der Waals surface area contributed by atoms with E-state index in [1.54, 1.807) is 12.1 Å². The number of rotatable bonds is 9. The fourth-order valence-corrected chi connectivity index (χ4v) is 2.59. The standard InChI is InChI=1S/C18H21ClN2O4/c1-24-16-8-12(7-14(19)18(16)25-11-17(20)23)9-21-10-15(22)13-5-3-2-4-6-13/h2-8,15,21-22H,9-11H2,1H3,(H2,20,23). The highest BCUT2D eigenvalue weighted by Crippen LogP contribution is 2.36. The summed E-state index contributed by atoms with van der Waals surface area (Å²) in [7, 11) is 1.49. The molecule has 0 bridgehead atoms. The molecule has 0 radical (unpaired) electrons. The van der Waals surface area contributed by atoms with Gasteiger partial charge >= 0.3 is 0 Å². The van der Waals surface area contributed by atoms with Crippen molar-refractivity contribution in [1.29, 1.82) is 0 Å². The number of nitrogens with one attached hydrogen (secondary N) is 1. The molecule has 134 valence electrons. The van der Waals surface area contributed by atoms with Gasteiger partial charge in [0, 0.05) is 13.1 Å². The number of benzene rings is 2. The molecule has 6 nitrogen and oxygen atoms in total. The van der Waals surface area contributed by atoms with E-state index in [1.165, 1.54) is 7.11 Å². The highest BCUT2D eigenvalue weighted by molar-refractivity contribution is 6.32. The van der Waals surface area contributed by atoms with Crippen LogP contribution in [0.3, 0.4) is 0 Å². The summed E-state index contributed by atoms with van der Waals surface area (Å²) >= 11 is 6.20. The lowest BCUT2D eigenvalue weighted by molar-refractivity contribution is -0.119. The van der Waals surface area contributed by atoms with Crippen LogP contribution < -0.4 is 20.5 Å². The van der Waals surface area contributed by atoms with Gasteiger partial charge in [0.2, 0.25) is 0 Å². The fraction of sp³-hybridized carbons (Fsp3) is 0.278. The number of hydrogen-bond donors (Lipinski definition) is 3. The Morgan fingerprint density at radius 2 is 2.04 bits per heavy atom. The van der Waals surface area contributed by atoms with Crippen molar-refractivity contribution in [1.82, 2.24) is 5.32 Å². The first-order valence-electron chi connectivity index (χ1n) is 7.72. The van der Waals surface area contributed by atoms with E-state index in [9.17, 15) is 9.90 Å². The van der Waals surface area contributed by atoms with E-state index < -0.39 is 12.0 Å². The maximum atomic E-state index is 10.9. The molecule has 1 amide bonds. The lowest BCUT2D eigenvalue weighted by Crippen LogP contribution is -2.21. The lowest BCUT2D eigenvalue weighted by atomic mass is 10.1. The number of amides is 1. The minimum absolute atomic E-state index is 0.274. The van der Waals surface area contributed by atoms with E-state index >= 15 is 0 Å². The second-order valence-corrected chi connectivity index (χ2v) is 5.83. The summed E-state index contributed by atoms with van der Waals surface area (Å²) in [5, 5.41) is 13.6. The van der Waals surface area contributed by atoms with E-state index in [0.29, 0.717) is 23.9 Å². The number of halogens is 1. The zero-order valence-electron chi connectivity index (χ0n) is 13.9. The van der Waals surface area contributed by atoms with Gasteiger partial charge in [0.15, 0.2) is 18.1 Å². The summed E-state index contributed by atoms with van der Waals surface area (Å²) in [4.78, 5) is 10.9. The molecule has 1 atom stereocenters. The number of methoxy groups -OCH3 is 1. The molecule has 0 fully saturated rings. The Bertz CT molecular complexity index is 710. The molecule has 25 heavy (non-hydrogen) atoms. The van der Waals surface area contributed by atoms with E-state index in [0.717, 1.165) is 11.1 Å². The summed E-state index contributed by atoms with van der Waals surface area (Å²) in [5.74, 6) is 0.0870. The Morgan fingerprint density at radius 3 is 2.68 bits per heavy atom. The van der Waals surface area contributed by atoms with Crippen molar-refractivity contribution < 1.29 is 19.4 Å². The van der Waals surface area contributed by atoms with Crippen molar-refractivity contribution in [3.05, 3.63) is 58.6 Å². The number of aliphatic hydroxyl groups is 1. The highest BCUT2D eigenvalue weighted by atomic mass is 35.5. The Kier molecular flexibility index (Phi) is 7.06. The first-order chi connectivity index (χ1) is 12.0. The molecular formula is C18H21ClN2O4. The minimum Gasteiger partial charge on any atom is -0.493 e. The number of primary amides is 1. The van der Waals surface area contributed by atoms with Crippen molar-refractivity contribution in [2.75, 3.05) is 20.3 Å². The number of carbonyl (C=O) groups is 1. The summed E-state index contributed by atoms with van der Waals surface area (Å²) < 4.78 is 10.5. The second-order valence-electron chi connectivity index (χ2n) is 5.42. The minimum atomic E-state index is -0.600. The monoisotopic (exact) mass is 364 g/mol. The molecule has 0 aliphatic heterocycles. The van der Waals surface area contributed by atoms with E-state index in [2.05, 4.69) is 5.32 Å². The molecule has 7 heteroatoms. The molecule has 0 heterocycles. The predicted molar refractivity (Wildman–Crippen MR) is 95.8 cm³/mol. The normalized spacial score (nSPS) is 11.8. The van der Waals surface area contributed by atoms with E-state index in [1.807, 2.05) is 30.3 Å². The summed E-state index contributed by atoms with van der Waals surface area (Å²) in [5.41, 5.74) is 6.78. The third-order valence-electron chi connectivity index (χ3n) is 3.50. The van der Waals surface area contributed by atoms with Gasteiger partial charge in [0.05, 0.1) is 18.2 Å².